The number of esters is 1. The molecule has 160 valence electrons. The smallest absolute Gasteiger partial charge is 0.344 e. The van der Waals surface area contributed by atoms with Crippen LogP contribution in [0.5, 0.6) is 5.75 Å². The van der Waals surface area contributed by atoms with Crippen molar-refractivity contribution in [3.8, 4) is 5.75 Å². The molecule has 0 saturated heterocycles. The highest BCUT2D eigenvalue weighted by Crippen LogP contribution is 2.33. The molecule has 0 amide bonds. The standard InChI is InChI=1S/C22H23N5O4/c23-21-20-22(25-12-24-21)27(13-26-20)8-3-9-29-19(28)11-30-14-6-7-18-16(10-14)15-4-1-2-5-17(15)31-18/h6-7,10,12-13H,1-5,8-9,11H2,(H2,23,24,25). The molecule has 9 nitrogen and oxygen atoms in total. The molecule has 0 bridgehead atoms. The fraction of sp³-hybridized carbons (Fsp3) is 0.364. The van der Waals surface area contributed by atoms with E-state index in [2.05, 4.69) is 15.0 Å². The monoisotopic (exact) mass is 421 g/mol. The largest absolute Gasteiger partial charge is 0.482 e. The van der Waals surface area contributed by atoms with Gasteiger partial charge in [-0.3, -0.25) is 0 Å². The first-order chi connectivity index (χ1) is 15.2. The van der Waals surface area contributed by atoms with Crippen LogP contribution in [0, 0.1) is 0 Å². The Morgan fingerprint density at radius 2 is 2.10 bits per heavy atom. The van der Waals surface area contributed by atoms with Gasteiger partial charge in [-0.05, 0) is 43.9 Å². The Hall–Kier alpha value is -3.62. The number of nitrogen functional groups attached to an aromatic ring is 1. The summed E-state index contributed by atoms with van der Waals surface area (Å²) in [4.78, 5) is 24.4. The average molecular weight is 421 g/mol. The number of carbonyl (C=O) groups is 1. The lowest BCUT2D eigenvalue weighted by atomic mass is 9.96. The topological polar surface area (TPSA) is 118 Å². The van der Waals surface area contributed by atoms with E-state index in [1.807, 2.05) is 22.8 Å². The van der Waals surface area contributed by atoms with E-state index in [0.29, 0.717) is 35.7 Å². The molecule has 3 aromatic heterocycles. The zero-order valence-corrected chi connectivity index (χ0v) is 17.0. The van der Waals surface area contributed by atoms with E-state index >= 15 is 0 Å². The van der Waals surface area contributed by atoms with Crippen molar-refractivity contribution in [1.82, 2.24) is 19.5 Å². The maximum absolute atomic E-state index is 12.1. The van der Waals surface area contributed by atoms with Gasteiger partial charge in [0.25, 0.3) is 0 Å². The van der Waals surface area contributed by atoms with Crippen molar-refractivity contribution in [3.63, 3.8) is 0 Å². The van der Waals surface area contributed by atoms with Crippen molar-refractivity contribution in [2.45, 2.75) is 38.6 Å². The zero-order chi connectivity index (χ0) is 21.2. The molecule has 0 atom stereocenters. The van der Waals surface area contributed by atoms with Crippen LogP contribution in [0.4, 0.5) is 5.82 Å². The molecule has 0 fully saturated rings. The lowest BCUT2D eigenvalue weighted by Gasteiger charge is -2.09. The van der Waals surface area contributed by atoms with Gasteiger partial charge in [-0.2, -0.15) is 0 Å². The number of aromatic nitrogens is 4. The molecule has 3 heterocycles. The molecule has 1 aliphatic rings. The maximum atomic E-state index is 12.1. The predicted molar refractivity (Wildman–Crippen MR) is 114 cm³/mol. The molecule has 0 spiro atoms. The van der Waals surface area contributed by atoms with Gasteiger partial charge in [0.05, 0.1) is 12.9 Å². The fourth-order valence-electron chi connectivity index (χ4n) is 4.00. The number of anilines is 1. The van der Waals surface area contributed by atoms with Gasteiger partial charge in [-0.25, -0.2) is 19.7 Å². The third-order valence-electron chi connectivity index (χ3n) is 5.52. The number of imidazole rings is 1. The molecule has 0 radical (unpaired) electrons. The Morgan fingerprint density at radius 1 is 1.19 bits per heavy atom. The Morgan fingerprint density at radius 3 is 3.03 bits per heavy atom. The van der Waals surface area contributed by atoms with E-state index in [-0.39, 0.29) is 13.2 Å². The second-order valence-electron chi connectivity index (χ2n) is 7.60. The lowest BCUT2D eigenvalue weighted by Crippen LogP contribution is -2.16. The number of ether oxygens (including phenoxy) is 2. The van der Waals surface area contributed by atoms with Crippen molar-refractivity contribution in [2.24, 2.45) is 0 Å². The van der Waals surface area contributed by atoms with Gasteiger partial charge in [0.15, 0.2) is 18.1 Å². The van der Waals surface area contributed by atoms with E-state index in [1.54, 1.807) is 6.33 Å². The molecule has 1 aromatic carbocycles. The number of furan rings is 1. The minimum atomic E-state index is -0.406. The summed E-state index contributed by atoms with van der Waals surface area (Å²) < 4.78 is 18.7. The minimum absolute atomic E-state index is 0.136. The van der Waals surface area contributed by atoms with Crippen LogP contribution in [-0.4, -0.2) is 38.7 Å². The summed E-state index contributed by atoms with van der Waals surface area (Å²) in [5, 5.41) is 1.08. The van der Waals surface area contributed by atoms with E-state index in [1.165, 1.54) is 24.7 Å². The molecular weight excluding hydrogens is 398 g/mol. The molecule has 9 heteroatoms. The Balaban J connectivity index is 1.11. The zero-order valence-electron chi connectivity index (χ0n) is 17.0. The number of fused-ring (bicyclic) bond motifs is 4. The second kappa shape index (κ2) is 8.25. The lowest BCUT2D eigenvalue weighted by molar-refractivity contribution is -0.146. The van der Waals surface area contributed by atoms with Crippen LogP contribution in [-0.2, 0) is 28.9 Å². The summed E-state index contributed by atoms with van der Waals surface area (Å²) in [7, 11) is 0. The molecule has 0 unspecified atom stereocenters. The number of carbonyl (C=O) groups excluding carboxylic acids is 1. The molecule has 4 aromatic rings. The molecular formula is C22H23N5O4. The summed E-state index contributed by atoms with van der Waals surface area (Å²) in [5.41, 5.74) is 9.17. The van der Waals surface area contributed by atoms with Crippen LogP contribution in [0.2, 0.25) is 0 Å². The second-order valence-corrected chi connectivity index (χ2v) is 7.60. The average Bonchev–Trinajstić information content (AvgIpc) is 3.37. The van der Waals surface area contributed by atoms with Crippen molar-refractivity contribution in [2.75, 3.05) is 18.9 Å². The third-order valence-corrected chi connectivity index (χ3v) is 5.52. The van der Waals surface area contributed by atoms with E-state index in [4.69, 9.17) is 19.6 Å². The molecule has 0 aliphatic heterocycles. The first kappa shape index (κ1) is 19.3. The maximum Gasteiger partial charge on any atom is 0.344 e. The van der Waals surface area contributed by atoms with Crippen LogP contribution >= 0.6 is 0 Å². The van der Waals surface area contributed by atoms with Crippen molar-refractivity contribution in [3.05, 3.63) is 42.2 Å². The predicted octanol–water partition coefficient (Wildman–Crippen LogP) is 3.05. The number of hydrogen-bond acceptors (Lipinski definition) is 8. The van der Waals surface area contributed by atoms with Crippen LogP contribution in [0.1, 0.15) is 30.6 Å². The molecule has 5 rings (SSSR count). The minimum Gasteiger partial charge on any atom is -0.482 e. The molecule has 1 aliphatic carbocycles. The number of rotatable bonds is 7. The quantitative estimate of drug-likeness (QED) is 0.357. The van der Waals surface area contributed by atoms with Crippen molar-refractivity contribution in [1.29, 1.82) is 0 Å². The summed E-state index contributed by atoms with van der Waals surface area (Å²) >= 11 is 0. The molecule has 31 heavy (non-hydrogen) atoms. The van der Waals surface area contributed by atoms with Gasteiger partial charge < -0.3 is 24.2 Å². The number of nitrogens with two attached hydrogens (primary N) is 1. The van der Waals surface area contributed by atoms with Crippen molar-refractivity contribution >= 4 is 33.9 Å². The van der Waals surface area contributed by atoms with Gasteiger partial charge in [0.1, 0.15) is 28.9 Å². The Labute approximate surface area is 178 Å². The highest BCUT2D eigenvalue weighted by molar-refractivity contribution is 5.84. The SMILES string of the molecule is Nc1ncnc2c1ncn2CCCOC(=O)COc1ccc2oc3c(c2c1)CCCC3. The summed E-state index contributed by atoms with van der Waals surface area (Å²) in [6.45, 7) is 0.739. The first-order valence-corrected chi connectivity index (χ1v) is 10.4. The van der Waals surface area contributed by atoms with Gasteiger partial charge in [0.2, 0.25) is 0 Å². The van der Waals surface area contributed by atoms with Crippen LogP contribution in [0.15, 0.2) is 35.3 Å². The van der Waals surface area contributed by atoms with E-state index < -0.39 is 5.97 Å². The highest BCUT2D eigenvalue weighted by Gasteiger charge is 2.18. The summed E-state index contributed by atoms with van der Waals surface area (Å²) in [6, 6.07) is 5.68. The number of benzene rings is 1. The fourth-order valence-corrected chi connectivity index (χ4v) is 4.00. The molecule has 2 N–H and O–H groups in total. The van der Waals surface area contributed by atoms with Crippen LogP contribution < -0.4 is 10.5 Å². The number of nitrogens with zero attached hydrogens (tertiary/aromatic N) is 4. The third kappa shape index (κ3) is 3.90. The van der Waals surface area contributed by atoms with Gasteiger partial charge >= 0.3 is 5.97 Å². The Bertz CT molecular complexity index is 1250. The summed E-state index contributed by atoms with van der Waals surface area (Å²) in [6.07, 6.45) is 8.04. The van der Waals surface area contributed by atoms with E-state index in [9.17, 15) is 4.79 Å². The normalized spacial score (nSPS) is 13.4. The number of hydrogen-bond donors (Lipinski definition) is 1. The first-order valence-electron chi connectivity index (χ1n) is 10.4. The number of aryl methyl sites for hydroxylation is 3. The molecule has 0 saturated carbocycles. The van der Waals surface area contributed by atoms with E-state index in [0.717, 1.165) is 29.6 Å². The van der Waals surface area contributed by atoms with Crippen molar-refractivity contribution < 1.29 is 18.7 Å². The van der Waals surface area contributed by atoms with Gasteiger partial charge in [-0.15, -0.1) is 0 Å². The van der Waals surface area contributed by atoms with Gasteiger partial charge in [-0.1, -0.05) is 0 Å². The van der Waals surface area contributed by atoms with Crippen LogP contribution in [0.3, 0.4) is 0 Å². The Kier molecular flexibility index (Phi) is 5.15. The van der Waals surface area contributed by atoms with Crippen LogP contribution in [0.25, 0.3) is 22.1 Å². The highest BCUT2D eigenvalue weighted by atomic mass is 16.6. The van der Waals surface area contributed by atoms with Gasteiger partial charge in [0, 0.05) is 23.9 Å². The summed E-state index contributed by atoms with van der Waals surface area (Å²) in [5.74, 6) is 1.66.